The van der Waals surface area contributed by atoms with Gasteiger partial charge >= 0.3 is 0 Å². The molecular weight excluding hydrogens is 316 g/mol. The number of nitrogens with one attached hydrogen (secondary N) is 1. The van der Waals surface area contributed by atoms with Crippen LogP contribution in [-0.4, -0.2) is 25.0 Å². The monoisotopic (exact) mass is 332 g/mol. The molecule has 0 aliphatic rings. The summed E-state index contributed by atoms with van der Waals surface area (Å²) in [5.74, 6) is 0.603. The number of hydrogen-bond acceptors (Lipinski definition) is 5. The molecule has 0 saturated carbocycles. The molecule has 6 nitrogen and oxygen atoms in total. The van der Waals surface area contributed by atoms with Gasteiger partial charge < -0.3 is 15.5 Å². The van der Waals surface area contributed by atoms with Crippen LogP contribution in [0, 0.1) is 0 Å². The summed E-state index contributed by atoms with van der Waals surface area (Å²) >= 11 is 6.10. The van der Waals surface area contributed by atoms with Gasteiger partial charge in [-0.1, -0.05) is 18.5 Å². The number of hydrogen-bond donors (Lipinski definition) is 3. The van der Waals surface area contributed by atoms with Gasteiger partial charge in [-0.2, -0.15) is 5.10 Å². The SMILES string of the molecule is CCCn1nc(Nc2cnccc2C(O)O)c2cc(Cl)ccc21. The molecule has 7 heteroatoms. The molecule has 23 heavy (non-hydrogen) atoms. The minimum Gasteiger partial charge on any atom is -0.364 e. The van der Waals surface area contributed by atoms with Crippen LogP contribution in [0.3, 0.4) is 0 Å². The third-order valence-electron chi connectivity index (χ3n) is 3.53. The maximum Gasteiger partial charge on any atom is 0.180 e. The highest BCUT2D eigenvalue weighted by Gasteiger charge is 2.14. The molecule has 0 fully saturated rings. The van der Waals surface area contributed by atoms with Crippen molar-refractivity contribution in [3.63, 3.8) is 0 Å². The maximum atomic E-state index is 9.47. The van der Waals surface area contributed by atoms with Crippen molar-refractivity contribution in [1.29, 1.82) is 0 Å². The predicted molar refractivity (Wildman–Crippen MR) is 89.7 cm³/mol. The molecule has 0 aliphatic carbocycles. The molecule has 2 heterocycles. The predicted octanol–water partition coefficient (Wildman–Crippen LogP) is 3.22. The van der Waals surface area contributed by atoms with E-state index in [-0.39, 0.29) is 0 Å². The fourth-order valence-corrected chi connectivity index (χ4v) is 2.66. The molecule has 2 aromatic heterocycles. The molecule has 0 amide bonds. The van der Waals surface area contributed by atoms with Gasteiger partial charge in [-0.3, -0.25) is 9.67 Å². The van der Waals surface area contributed by atoms with Gasteiger partial charge in [0.05, 0.1) is 17.4 Å². The molecule has 1 aromatic carbocycles. The van der Waals surface area contributed by atoms with Gasteiger partial charge in [0.25, 0.3) is 0 Å². The van der Waals surface area contributed by atoms with Crippen LogP contribution in [0.15, 0.2) is 36.7 Å². The Bertz CT molecular complexity index is 832. The van der Waals surface area contributed by atoms with Gasteiger partial charge in [-0.15, -0.1) is 0 Å². The van der Waals surface area contributed by atoms with Crippen LogP contribution in [0.25, 0.3) is 10.9 Å². The van der Waals surface area contributed by atoms with Gasteiger partial charge in [-0.05, 0) is 30.7 Å². The lowest BCUT2D eigenvalue weighted by molar-refractivity contribution is -0.0419. The number of pyridine rings is 1. The lowest BCUT2D eigenvalue weighted by Crippen LogP contribution is -2.03. The van der Waals surface area contributed by atoms with Crippen molar-refractivity contribution in [2.45, 2.75) is 26.2 Å². The maximum absolute atomic E-state index is 9.47. The van der Waals surface area contributed by atoms with E-state index < -0.39 is 6.29 Å². The third-order valence-corrected chi connectivity index (χ3v) is 3.77. The number of aliphatic hydroxyl groups is 2. The second-order valence-corrected chi connectivity index (χ2v) is 5.63. The van der Waals surface area contributed by atoms with Crippen molar-refractivity contribution < 1.29 is 10.2 Å². The average molecular weight is 333 g/mol. The van der Waals surface area contributed by atoms with Gasteiger partial charge in [0, 0.05) is 28.7 Å². The molecule has 3 rings (SSSR count). The fraction of sp³-hybridized carbons (Fsp3) is 0.250. The highest BCUT2D eigenvalue weighted by molar-refractivity contribution is 6.31. The van der Waals surface area contributed by atoms with E-state index in [4.69, 9.17) is 11.6 Å². The van der Waals surface area contributed by atoms with Crippen molar-refractivity contribution in [3.8, 4) is 0 Å². The first kappa shape index (κ1) is 15.7. The molecule has 0 unspecified atom stereocenters. The largest absolute Gasteiger partial charge is 0.364 e. The van der Waals surface area contributed by atoms with Crippen LogP contribution in [0.5, 0.6) is 0 Å². The number of anilines is 2. The summed E-state index contributed by atoms with van der Waals surface area (Å²) in [6.45, 7) is 2.86. The molecule has 0 atom stereocenters. The van der Waals surface area contributed by atoms with Crippen LogP contribution in [0.1, 0.15) is 25.2 Å². The van der Waals surface area contributed by atoms with Gasteiger partial charge in [0.15, 0.2) is 12.1 Å². The van der Waals surface area contributed by atoms with Crippen molar-refractivity contribution in [2.24, 2.45) is 0 Å². The minimum absolute atomic E-state index is 0.334. The summed E-state index contributed by atoms with van der Waals surface area (Å²) in [4.78, 5) is 4.02. The second-order valence-electron chi connectivity index (χ2n) is 5.19. The average Bonchev–Trinajstić information content (AvgIpc) is 2.85. The minimum atomic E-state index is -1.59. The summed E-state index contributed by atoms with van der Waals surface area (Å²) in [6, 6.07) is 7.14. The van der Waals surface area contributed by atoms with E-state index in [0.29, 0.717) is 22.1 Å². The molecule has 0 aliphatic heterocycles. The first-order chi connectivity index (χ1) is 11.1. The van der Waals surface area contributed by atoms with E-state index >= 15 is 0 Å². The van der Waals surface area contributed by atoms with E-state index in [1.807, 2.05) is 22.9 Å². The highest BCUT2D eigenvalue weighted by atomic mass is 35.5. The Kier molecular flexibility index (Phi) is 4.47. The lowest BCUT2D eigenvalue weighted by Gasteiger charge is -2.11. The van der Waals surface area contributed by atoms with E-state index in [1.54, 1.807) is 6.07 Å². The first-order valence-electron chi connectivity index (χ1n) is 7.33. The van der Waals surface area contributed by atoms with Crippen molar-refractivity contribution in [3.05, 3.63) is 47.2 Å². The van der Waals surface area contributed by atoms with Crippen LogP contribution in [0.4, 0.5) is 11.5 Å². The van der Waals surface area contributed by atoms with E-state index in [1.165, 1.54) is 12.4 Å². The van der Waals surface area contributed by atoms with Crippen LogP contribution < -0.4 is 5.32 Å². The molecule has 120 valence electrons. The van der Waals surface area contributed by atoms with Crippen molar-refractivity contribution in [2.75, 3.05) is 5.32 Å². The normalized spacial score (nSPS) is 11.3. The number of nitrogens with zero attached hydrogens (tertiary/aromatic N) is 3. The molecule has 0 radical (unpaired) electrons. The Hall–Kier alpha value is -2.15. The van der Waals surface area contributed by atoms with Crippen molar-refractivity contribution >= 4 is 34.0 Å². The number of halogens is 1. The summed E-state index contributed by atoms with van der Waals surface area (Å²) in [7, 11) is 0. The van der Waals surface area contributed by atoms with Gasteiger partial charge in [0.1, 0.15) is 0 Å². The highest BCUT2D eigenvalue weighted by Crippen LogP contribution is 2.30. The summed E-state index contributed by atoms with van der Waals surface area (Å²) in [5.41, 5.74) is 1.79. The quantitative estimate of drug-likeness (QED) is 0.625. The Morgan fingerprint density at radius 2 is 2.13 bits per heavy atom. The fourth-order valence-electron chi connectivity index (χ4n) is 2.49. The lowest BCUT2D eigenvalue weighted by atomic mass is 10.2. The van der Waals surface area contributed by atoms with E-state index in [9.17, 15) is 10.2 Å². The molecule has 0 saturated heterocycles. The van der Waals surface area contributed by atoms with Gasteiger partial charge in [-0.25, -0.2) is 0 Å². The zero-order valence-corrected chi connectivity index (χ0v) is 13.3. The molecular formula is C16H17ClN4O2. The zero-order valence-electron chi connectivity index (χ0n) is 12.6. The number of benzene rings is 1. The third kappa shape index (κ3) is 3.14. The first-order valence-corrected chi connectivity index (χ1v) is 7.71. The van der Waals surface area contributed by atoms with Crippen LogP contribution in [0.2, 0.25) is 5.02 Å². The Morgan fingerprint density at radius 1 is 1.30 bits per heavy atom. The smallest absolute Gasteiger partial charge is 0.180 e. The summed E-state index contributed by atoms with van der Waals surface area (Å²) in [6.07, 6.45) is 2.40. The Morgan fingerprint density at radius 3 is 2.87 bits per heavy atom. The summed E-state index contributed by atoms with van der Waals surface area (Å²) in [5, 5.41) is 28.1. The Labute approximate surface area is 138 Å². The molecule has 3 N–H and O–H groups in total. The van der Waals surface area contributed by atoms with Crippen LogP contribution in [-0.2, 0) is 6.54 Å². The van der Waals surface area contributed by atoms with Crippen LogP contribution >= 0.6 is 11.6 Å². The number of fused-ring (bicyclic) bond motifs is 1. The zero-order chi connectivity index (χ0) is 16.4. The number of aryl methyl sites for hydroxylation is 1. The molecule has 0 spiro atoms. The number of aromatic nitrogens is 3. The molecule has 0 bridgehead atoms. The number of rotatable bonds is 5. The second kappa shape index (κ2) is 6.54. The Balaban J connectivity index is 2.08. The summed E-state index contributed by atoms with van der Waals surface area (Å²) < 4.78 is 1.90. The van der Waals surface area contributed by atoms with E-state index in [2.05, 4.69) is 22.3 Å². The topological polar surface area (TPSA) is 83.2 Å². The number of aliphatic hydroxyl groups excluding tert-OH is 1. The van der Waals surface area contributed by atoms with E-state index in [0.717, 1.165) is 23.9 Å². The molecule has 3 aromatic rings. The van der Waals surface area contributed by atoms with Gasteiger partial charge in [0.2, 0.25) is 0 Å². The van der Waals surface area contributed by atoms with Crippen molar-refractivity contribution in [1.82, 2.24) is 14.8 Å². The standard InChI is InChI=1S/C16H17ClN4O2/c1-2-7-21-14-4-3-10(17)8-12(14)15(20-21)19-13-9-18-6-5-11(13)16(22)23/h3-6,8-9,16,22-23H,2,7H2,1H3,(H,19,20).